The second-order valence-electron chi connectivity index (χ2n) is 9.55. The minimum Gasteiger partial charge on any atom is -0.383 e. The first-order valence-corrected chi connectivity index (χ1v) is 12.3. The molecule has 2 fully saturated rings. The Balaban J connectivity index is 1.40. The Morgan fingerprint density at radius 1 is 1.03 bits per heavy atom. The third-order valence-electron chi connectivity index (χ3n) is 7.36. The fourth-order valence-corrected chi connectivity index (χ4v) is 5.67. The van der Waals surface area contributed by atoms with Gasteiger partial charge in [0.2, 0.25) is 0 Å². The number of carbonyl (C=O) groups excluding carboxylic acids is 1. The maximum atomic E-state index is 13.3. The first-order valence-electron chi connectivity index (χ1n) is 12.3. The average Bonchev–Trinajstić information content (AvgIpc) is 2.85. The Morgan fingerprint density at radius 2 is 1.85 bits per heavy atom. The van der Waals surface area contributed by atoms with Crippen LogP contribution in [0.3, 0.4) is 0 Å². The SMILES string of the molecule is COC[C@@H]1[C@@H](c2ccc(-c3cccc(C)c3)cc2)[C@@H]2CN(C(=O)c3cccnc3)CCCCN12. The van der Waals surface area contributed by atoms with E-state index in [1.165, 1.54) is 22.3 Å². The van der Waals surface area contributed by atoms with Gasteiger partial charge >= 0.3 is 0 Å². The van der Waals surface area contributed by atoms with Crippen molar-refractivity contribution in [2.45, 2.75) is 37.8 Å². The Labute approximate surface area is 202 Å². The summed E-state index contributed by atoms with van der Waals surface area (Å²) in [6.45, 7) is 5.43. The van der Waals surface area contributed by atoms with Gasteiger partial charge in [-0.2, -0.15) is 0 Å². The highest BCUT2D eigenvalue weighted by atomic mass is 16.5. The minimum absolute atomic E-state index is 0.0821. The monoisotopic (exact) mass is 455 g/mol. The number of ether oxygens (including phenoxy) is 1. The first-order chi connectivity index (χ1) is 16.7. The number of hydrogen-bond acceptors (Lipinski definition) is 4. The molecule has 0 bridgehead atoms. The second kappa shape index (κ2) is 10.1. The lowest BCUT2D eigenvalue weighted by Gasteiger charge is -2.57. The number of pyridine rings is 1. The summed E-state index contributed by atoms with van der Waals surface area (Å²) in [5.41, 5.74) is 5.74. The molecule has 2 aliphatic rings. The van der Waals surface area contributed by atoms with Gasteiger partial charge in [-0.05, 0) is 55.1 Å². The molecule has 3 heterocycles. The molecule has 5 rings (SSSR count). The van der Waals surface area contributed by atoms with Crippen LogP contribution in [0.5, 0.6) is 0 Å². The van der Waals surface area contributed by atoms with Crippen molar-refractivity contribution in [3.05, 3.63) is 89.7 Å². The van der Waals surface area contributed by atoms with E-state index in [1.54, 1.807) is 19.5 Å². The highest BCUT2D eigenvalue weighted by Gasteiger charge is 2.49. The molecular weight excluding hydrogens is 422 g/mol. The molecular formula is C29H33N3O2. The zero-order chi connectivity index (χ0) is 23.5. The average molecular weight is 456 g/mol. The van der Waals surface area contributed by atoms with Crippen molar-refractivity contribution in [3.8, 4) is 11.1 Å². The lowest BCUT2D eigenvalue weighted by atomic mass is 9.74. The first kappa shape index (κ1) is 22.8. The molecule has 176 valence electrons. The Bertz CT molecular complexity index is 1120. The molecule has 0 radical (unpaired) electrons. The van der Waals surface area contributed by atoms with E-state index in [9.17, 15) is 4.79 Å². The highest BCUT2D eigenvalue weighted by Crippen LogP contribution is 2.42. The molecule has 2 aliphatic heterocycles. The van der Waals surface area contributed by atoms with Crippen LogP contribution in [-0.4, -0.2) is 66.1 Å². The zero-order valence-electron chi connectivity index (χ0n) is 20.1. The summed E-state index contributed by atoms with van der Waals surface area (Å²) in [6, 6.07) is 22.0. The number of nitrogens with zero attached hydrogens (tertiary/aromatic N) is 3. The van der Waals surface area contributed by atoms with Crippen molar-refractivity contribution < 1.29 is 9.53 Å². The summed E-state index contributed by atoms with van der Waals surface area (Å²) >= 11 is 0. The molecule has 0 saturated carbocycles. The number of rotatable bonds is 5. The normalized spacial score (nSPS) is 22.9. The number of aromatic nitrogens is 1. The fraction of sp³-hybridized carbons (Fsp3) is 0.379. The Hall–Kier alpha value is -3.02. The quantitative estimate of drug-likeness (QED) is 0.556. The molecule has 0 aliphatic carbocycles. The minimum atomic E-state index is 0.0821. The van der Waals surface area contributed by atoms with E-state index in [0.717, 1.165) is 32.5 Å². The Kier molecular flexibility index (Phi) is 6.75. The number of methoxy groups -OCH3 is 1. The van der Waals surface area contributed by atoms with E-state index in [4.69, 9.17) is 4.74 Å². The molecule has 3 atom stereocenters. The van der Waals surface area contributed by atoms with Gasteiger partial charge in [-0.15, -0.1) is 0 Å². The van der Waals surface area contributed by atoms with E-state index < -0.39 is 0 Å². The molecule has 2 saturated heterocycles. The summed E-state index contributed by atoms with van der Waals surface area (Å²) in [6.07, 6.45) is 5.50. The van der Waals surface area contributed by atoms with Crippen molar-refractivity contribution in [2.24, 2.45) is 0 Å². The van der Waals surface area contributed by atoms with Crippen molar-refractivity contribution in [1.82, 2.24) is 14.8 Å². The fourth-order valence-electron chi connectivity index (χ4n) is 5.67. The van der Waals surface area contributed by atoms with Crippen LogP contribution in [0.2, 0.25) is 0 Å². The largest absolute Gasteiger partial charge is 0.383 e. The number of benzene rings is 2. The maximum absolute atomic E-state index is 13.3. The zero-order valence-corrected chi connectivity index (χ0v) is 20.1. The molecule has 5 heteroatoms. The third-order valence-corrected chi connectivity index (χ3v) is 7.36. The van der Waals surface area contributed by atoms with Crippen LogP contribution in [0.25, 0.3) is 11.1 Å². The van der Waals surface area contributed by atoms with Gasteiger partial charge in [0.05, 0.1) is 12.2 Å². The van der Waals surface area contributed by atoms with Gasteiger partial charge in [-0.1, -0.05) is 54.1 Å². The molecule has 3 aromatic rings. The third kappa shape index (κ3) is 4.50. The molecule has 34 heavy (non-hydrogen) atoms. The molecule has 1 amide bonds. The lowest BCUT2D eigenvalue weighted by Crippen LogP contribution is -2.68. The van der Waals surface area contributed by atoms with Gasteiger partial charge in [0.25, 0.3) is 5.91 Å². The number of fused-ring (bicyclic) bond motifs is 1. The summed E-state index contributed by atoms with van der Waals surface area (Å²) in [7, 11) is 1.79. The van der Waals surface area contributed by atoms with Crippen LogP contribution >= 0.6 is 0 Å². The molecule has 0 N–H and O–H groups in total. The van der Waals surface area contributed by atoms with Crippen molar-refractivity contribution in [1.29, 1.82) is 0 Å². The van der Waals surface area contributed by atoms with Crippen LogP contribution in [0.4, 0.5) is 0 Å². The van der Waals surface area contributed by atoms with Crippen LogP contribution < -0.4 is 0 Å². The van der Waals surface area contributed by atoms with Gasteiger partial charge in [0.15, 0.2) is 0 Å². The van der Waals surface area contributed by atoms with Crippen molar-refractivity contribution >= 4 is 5.91 Å². The van der Waals surface area contributed by atoms with Gasteiger partial charge in [0, 0.05) is 50.6 Å². The topological polar surface area (TPSA) is 45.7 Å². The molecule has 2 aromatic carbocycles. The smallest absolute Gasteiger partial charge is 0.255 e. The predicted octanol–water partition coefficient (Wildman–Crippen LogP) is 4.78. The van der Waals surface area contributed by atoms with Crippen LogP contribution in [-0.2, 0) is 4.74 Å². The van der Waals surface area contributed by atoms with E-state index in [1.807, 2.05) is 17.0 Å². The standard InChI is InChI=1S/C29H33N3O2/c1-21-7-5-8-24(17-21)22-10-12-23(13-11-22)28-26-19-31(29(33)25-9-6-14-30-18-25)15-3-4-16-32(26)27(28)20-34-2/h5-14,17-18,26-28H,3-4,15-16,19-20H2,1-2H3/t26-,27+,28-/m0/s1. The van der Waals surface area contributed by atoms with Crippen LogP contribution in [0.1, 0.15) is 40.2 Å². The van der Waals surface area contributed by atoms with Gasteiger partial charge in [0.1, 0.15) is 0 Å². The Morgan fingerprint density at radius 3 is 2.59 bits per heavy atom. The predicted molar refractivity (Wildman–Crippen MR) is 135 cm³/mol. The van der Waals surface area contributed by atoms with E-state index in [2.05, 4.69) is 65.3 Å². The highest BCUT2D eigenvalue weighted by molar-refractivity contribution is 5.93. The number of amides is 1. The summed E-state index contributed by atoms with van der Waals surface area (Å²) in [4.78, 5) is 22.0. The lowest BCUT2D eigenvalue weighted by molar-refractivity contribution is -0.0680. The number of hydrogen-bond donors (Lipinski definition) is 0. The van der Waals surface area contributed by atoms with Crippen molar-refractivity contribution in [2.75, 3.05) is 33.4 Å². The summed E-state index contributed by atoms with van der Waals surface area (Å²) in [5, 5.41) is 0. The summed E-state index contributed by atoms with van der Waals surface area (Å²) in [5.74, 6) is 0.424. The van der Waals surface area contributed by atoms with Crippen LogP contribution in [0, 0.1) is 6.92 Å². The van der Waals surface area contributed by atoms with Crippen LogP contribution in [0.15, 0.2) is 73.1 Å². The summed E-state index contributed by atoms with van der Waals surface area (Å²) < 4.78 is 5.64. The van der Waals surface area contributed by atoms with E-state index >= 15 is 0 Å². The van der Waals surface area contributed by atoms with Crippen molar-refractivity contribution in [3.63, 3.8) is 0 Å². The van der Waals surface area contributed by atoms with Gasteiger partial charge < -0.3 is 9.64 Å². The number of carbonyl (C=O) groups is 1. The molecule has 0 unspecified atom stereocenters. The van der Waals surface area contributed by atoms with E-state index in [0.29, 0.717) is 30.2 Å². The molecule has 1 aromatic heterocycles. The number of aryl methyl sites for hydroxylation is 1. The van der Waals surface area contributed by atoms with Gasteiger partial charge in [-0.3, -0.25) is 14.7 Å². The second-order valence-corrected chi connectivity index (χ2v) is 9.55. The molecule has 0 spiro atoms. The maximum Gasteiger partial charge on any atom is 0.255 e. The molecule has 5 nitrogen and oxygen atoms in total. The van der Waals surface area contributed by atoms with E-state index in [-0.39, 0.29) is 5.91 Å². The van der Waals surface area contributed by atoms with Gasteiger partial charge in [-0.25, -0.2) is 0 Å².